The molecule has 1 aliphatic heterocycles. The van der Waals surface area contributed by atoms with Crippen molar-refractivity contribution >= 4 is 17.4 Å². The van der Waals surface area contributed by atoms with E-state index in [0.717, 1.165) is 17.1 Å². The van der Waals surface area contributed by atoms with E-state index in [9.17, 15) is 9.18 Å². The van der Waals surface area contributed by atoms with Crippen molar-refractivity contribution in [3.63, 3.8) is 0 Å². The molecule has 1 N–H and O–H groups in total. The summed E-state index contributed by atoms with van der Waals surface area (Å²) in [7, 11) is 0. The van der Waals surface area contributed by atoms with E-state index in [1.165, 1.54) is 6.07 Å². The first-order valence-electron chi connectivity index (χ1n) is 9.16. The average Bonchev–Trinajstić information content (AvgIpc) is 3.23. The number of amides is 1. The standard InChI is InChI=1S/C19H21FN6O2/c1-12-21-13(2)26(23-12)10-8-18(27)25-9-7-17-14(11-25)19(24-28-17)22-16-6-4-3-5-15(16)20/h3-6H,7-11H2,1-2H3,(H,22,24). The van der Waals surface area contributed by atoms with Gasteiger partial charge in [-0.05, 0) is 26.0 Å². The van der Waals surface area contributed by atoms with E-state index in [0.29, 0.717) is 49.8 Å². The number of nitrogens with zero attached hydrogens (tertiary/aromatic N) is 5. The Bertz CT molecular complexity index is 1010. The van der Waals surface area contributed by atoms with Crippen LogP contribution in [0.3, 0.4) is 0 Å². The van der Waals surface area contributed by atoms with Gasteiger partial charge >= 0.3 is 0 Å². The lowest BCUT2D eigenvalue weighted by Gasteiger charge is -2.26. The summed E-state index contributed by atoms with van der Waals surface area (Å²) < 4.78 is 21.0. The highest BCUT2D eigenvalue weighted by atomic mass is 19.1. The fourth-order valence-corrected chi connectivity index (χ4v) is 3.34. The smallest absolute Gasteiger partial charge is 0.224 e. The predicted octanol–water partition coefficient (Wildman–Crippen LogP) is 2.74. The van der Waals surface area contributed by atoms with Gasteiger partial charge in [-0.1, -0.05) is 17.3 Å². The second-order valence-electron chi connectivity index (χ2n) is 6.78. The second kappa shape index (κ2) is 7.41. The minimum atomic E-state index is -0.374. The van der Waals surface area contributed by atoms with E-state index in [-0.39, 0.29) is 11.7 Å². The Morgan fingerprint density at radius 2 is 2.14 bits per heavy atom. The summed E-state index contributed by atoms with van der Waals surface area (Å²) in [5.74, 6) is 2.31. The van der Waals surface area contributed by atoms with Crippen LogP contribution in [0.25, 0.3) is 0 Å². The van der Waals surface area contributed by atoms with Gasteiger partial charge < -0.3 is 14.7 Å². The Morgan fingerprint density at radius 1 is 1.32 bits per heavy atom. The van der Waals surface area contributed by atoms with E-state index in [2.05, 4.69) is 20.6 Å². The second-order valence-corrected chi connectivity index (χ2v) is 6.78. The Kier molecular flexibility index (Phi) is 4.81. The number of aromatic nitrogens is 4. The molecule has 1 aromatic carbocycles. The molecular formula is C19H21FN6O2. The van der Waals surface area contributed by atoms with Gasteiger partial charge in [0.05, 0.1) is 24.3 Å². The van der Waals surface area contributed by atoms with Gasteiger partial charge in [-0.15, -0.1) is 0 Å². The number of carbonyl (C=O) groups is 1. The molecule has 4 rings (SSSR count). The van der Waals surface area contributed by atoms with E-state index >= 15 is 0 Å². The summed E-state index contributed by atoms with van der Waals surface area (Å²) in [6.07, 6.45) is 0.912. The van der Waals surface area contributed by atoms with Gasteiger partial charge in [-0.25, -0.2) is 14.1 Å². The van der Waals surface area contributed by atoms with E-state index < -0.39 is 0 Å². The third-order valence-corrected chi connectivity index (χ3v) is 4.81. The van der Waals surface area contributed by atoms with Crippen LogP contribution in [-0.4, -0.2) is 37.3 Å². The summed E-state index contributed by atoms with van der Waals surface area (Å²) in [4.78, 5) is 18.7. The van der Waals surface area contributed by atoms with Crippen molar-refractivity contribution in [2.45, 2.75) is 39.8 Å². The molecule has 8 nitrogen and oxygen atoms in total. The molecule has 0 unspecified atom stereocenters. The fraction of sp³-hybridized carbons (Fsp3) is 0.368. The van der Waals surface area contributed by atoms with Crippen LogP contribution in [0, 0.1) is 19.7 Å². The number of hydrogen-bond donors (Lipinski definition) is 1. The summed E-state index contributed by atoms with van der Waals surface area (Å²) in [6.45, 7) is 5.13. The summed E-state index contributed by atoms with van der Waals surface area (Å²) >= 11 is 0. The first kappa shape index (κ1) is 18.1. The molecule has 0 saturated heterocycles. The van der Waals surface area contributed by atoms with Crippen LogP contribution >= 0.6 is 0 Å². The van der Waals surface area contributed by atoms with Crippen LogP contribution in [-0.2, 0) is 24.3 Å². The lowest BCUT2D eigenvalue weighted by molar-refractivity contribution is -0.132. The quantitative estimate of drug-likeness (QED) is 0.728. The third kappa shape index (κ3) is 3.60. The molecule has 3 aromatic rings. The van der Waals surface area contributed by atoms with E-state index in [4.69, 9.17) is 4.52 Å². The molecule has 0 spiro atoms. The Balaban J connectivity index is 1.44. The topological polar surface area (TPSA) is 89.1 Å². The number of benzene rings is 1. The van der Waals surface area contributed by atoms with Crippen molar-refractivity contribution < 1.29 is 13.7 Å². The minimum absolute atomic E-state index is 0.0243. The first-order chi connectivity index (χ1) is 13.5. The van der Waals surface area contributed by atoms with Gasteiger partial charge in [-0.3, -0.25) is 4.79 Å². The molecule has 0 bridgehead atoms. The highest BCUT2D eigenvalue weighted by Gasteiger charge is 2.27. The lowest BCUT2D eigenvalue weighted by atomic mass is 10.1. The minimum Gasteiger partial charge on any atom is -0.359 e. The lowest BCUT2D eigenvalue weighted by Crippen LogP contribution is -2.36. The van der Waals surface area contributed by atoms with Gasteiger partial charge in [0.1, 0.15) is 23.2 Å². The SMILES string of the molecule is Cc1nc(C)n(CCC(=O)N2CCc3onc(Nc4ccccc4F)c3C2)n1. The number of hydrogen-bond acceptors (Lipinski definition) is 6. The maximum Gasteiger partial charge on any atom is 0.224 e. The van der Waals surface area contributed by atoms with Gasteiger partial charge in [0.25, 0.3) is 0 Å². The van der Waals surface area contributed by atoms with Crippen LogP contribution in [0.15, 0.2) is 28.8 Å². The number of aryl methyl sites for hydroxylation is 3. The van der Waals surface area contributed by atoms with E-state index in [1.54, 1.807) is 27.8 Å². The van der Waals surface area contributed by atoms with Crippen molar-refractivity contribution in [3.8, 4) is 0 Å². The van der Waals surface area contributed by atoms with Crippen molar-refractivity contribution in [1.82, 2.24) is 24.8 Å². The number of fused-ring (bicyclic) bond motifs is 1. The molecule has 1 aliphatic rings. The Labute approximate surface area is 161 Å². The molecule has 28 heavy (non-hydrogen) atoms. The third-order valence-electron chi connectivity index (χ3n) is 4.81. The van der Waals surface area contributed by atoms with Crippen molar-refractivity contribution in [2.75, 3.05) is 11.9 Å². The van der Waals surface area contributed by atoms with Gasteiger partial charge in [-0.2, -0.15) is 5.10 Å². The predicted molar refractivity (Wildman–Crippen MR) is 99.4 cm³/mol. The summed E-state index contributed by atoms with van der Waals surface area (Å²) in [5.41, 5.74) is 1.11. The van der Waals surface area contributed by atoms with Crippen molar-refractivity contribution in [2.24, 2.45) is 0 Å². The number of halogens is 1. The molecule has 0 aliphatic carbocycles. The summed E-state index contributed by atoms with van der Waals surface area (Å²) in [6, 6.07) is 6.36. The number of rotatable bonds is 5. The van der Waals surface area contributed by atoms with Gasteiger partial charge in [0, 0.05) is 19.4 Å². The zero-order chi connectivity index (χ0) is 19.7. The zero-order valence-corrected chi connectivity index (χ0v) is 15.8. The molecule has 0 atom stereocenters. The normalized spacial score (nSPS) is 13.5. The summed E-state index contributed by atoms with van der Waals surface area (Å²) in [5, 5.41) is 11.3. The van der Waals surface area contributed by atoms with Crippen LogP contribution in [0.5, 0.6) is 0 Å². The molecule has 1 amide bonds. The molecule has 0 radical (unpaired) electrons. The monoisotopic (exact) mass is 384 g/mol. The van der Waals surface area contributed by atoms with Crippen LogP contribution in [0.1, 0.15) is 29.4 Å². The molecule has 3 heterocycles. The van der Waals surface area contributed by atoms with Crippen molar-refractivity contribution in [3.05, 3.63) is 53.1 Å². The number of nitrogens with one attached hydrogen (secondary N) is 1. The Morgan fingerprint density at radius 3 is 2.89 bits per heavy atom. The molecule has 146 valence electrons. The van der Waals surface area contributed by atoms with Gasteiger partial charge in [0.2, 0.25) is 5.91 Å². The van der Waals surface area contributed by atoms with Crippen LogP contribution < -0.4 is 5.32 Å². The van der Waals surface area contributed by atoms with E-state index in [1.807, 2.05) is 13.8 Å². The number of anilines is 2. The molecule has 0 saturated carbocycles. The largest absolute Gasteiger partial charge is 0.359 e. The number of para-hydroxylation sites is 1. The fourth-order valence-electron chi connectivity index (χ4n) is 3.34. The highest BCUT2D eigenvalue weighted by Crippen LogP contribution is 2.29. The number of carbonyl (C=O) groups excluding carboxylic acids is 1. The van der Waals surface area contributed by atoms with Crippen molar-refractivity contribution in [1.29, 1.82) is 0 Å². The molecular weight excluding hydrogens is 363 g/mol. The Hall–Kier alpha value is -3.23. The highest BCUT2D eigenvalue weighted by molar-refractivity contribution is 5.77. The van der Waals surface area contributed by atoms with Crippen LogP contribution in [0.4, 0.5) is 15.9 Å². The maximum atomic E-state index is 13.9. The molecule has 0 fully saturated rings. The molecule has 2 aromatic heterocycles. The molecule has 9 heteroatoms. The zero-order valence-electron chi connectivity index (χ0n) is 15.8. The average molecular weight is 384 g/mol. The van der Waals surface area contributed by atoms with Crippen LogP contribution in [0.2, 0.25) is 0 Å². The van der Waals surface area contributed by atoms with Gasteiger partial charge in [0.15, 0.2) is 5.82 Å². The first-order valence-corrected chi connectivity index (χ1v) is 9.16. The maximum absolute atomic E-state index is 13.9.